The number of hydrogen-bond acceptors (Lipinski definition) is 1. The Labute approximate surface area is 103 Å². The highest BCUT2D eigenvalue weighted by Crippen LogP contribution is 2.46. The van der Waals surface area contributed by atoms with E-state index in [0.29, 0.717) is 11.8 Å². The molecule has 0 heterocycles. The molecule has 0 radical (unpaired) electrons. The summed E-state index contributed by atoms with van der Waals surface area (Å²) in [7, 11) is 0. The summed E-state index contributed by atoms with van der Waals surface area (Å²) in [6.07, 6.45) is 2.56. The Balaban J connectivity index is 2.24. The van der Waals surface area contributed by atoms with Crippen LogP contribution in [-0.2, 0) is 4.79 Å². The zero-order valence-corrected chi connectivity index (χ0v) is 10.5. The van der Waals surface area contributed by atoms with E-state index in [9.17, 15) is 9.90 Å². The summed E-state index contributed by atoms with van der Waals surface area (Å²) < 4.78 is 0. The molecule has 0 aliphatic heterocycles. The Morgan fingerprint density at radius 1 is 1.35 bits per heavy atom. The van der Waals surface area contributed by atoms with Gasteiger partial charge in [-0.1, -0.05) is 37.3 Å². The second-order valence-electron chi connectivity index (χ2n) is 5.60. The minimum atomic E-state index is -0.648. The van der Waals surface area contributed by atoms with E-state index in [2.05, 4.69) is 19.1 Å². The number of benzene rings is 1. The van der Waals surface area contributed by atoms with Crippen LogP contribution >= 0.6 is 0 Å². The molecule has 17 heavy (non-hydrogen) atoms. The van der Waals surface area contributed by atoms with Gasteiger partial charge in [0, 0.05) is 0 Å². The summed E-state index contributed by atoms with van der Waals surface area (Å²) in [5.74, 6) is 0.307. The largest absolute Gasteiger partial charge is 0.481 e. The van der Waals surface area contributed by atoms with Gasteiger partial charge in [0.25, 0.3) is 0 Å². The predicted octanol–water partition coefficient (Wildman–Crippen LogP) is 3.68. The molecule has 92 valence electrons. The molecule has 1 saturated carbocycles. The van der Waals surface area contributed by atoms with Gasteiger partial charge in [0.2, 0.25) is 0 Å². The first kappa shape index (κ1) is 12.2. The van der Waals surface area contributed by atoms with E-state index >= 15 is 0 Å². The maximum atomic E-state index is 11.4. The van der Waals surface area contributed by atoms with Crippen molar-refractivity contribution in [3.05, 3.63) is 35.9 Å². The average Bonchev–Trinajstić information content (AvgIpc) is 2.33. The Morgan fingerprint density at radius 2 is 2.00 bits per heavy atom. The molecule has 0 amide bonds. The predicted molar refractivity (Wildman–Crippen MR) is 67.9 cm³/mol. The van der Waals surface area contributed by atoms with Crippen LogP contribution < -0.4 is 0 Å². The Morgan fingerprint density at radius 3 is 2.59 bits per heavy atom. The van der Waals surface area contributed by atoms with Crippen molar-refractivity contribution in [1.82, 2.24) is 0 Å². The maximum absolute atomic E-state index is 11.4. The van der Waals surface area contributed by atoms with Crippen molar-refractivity contribution in [2.24, 2.45) is 11.3 Å². The van der Waals surface area contributed by atoms with Crippen LogP contribution in [0.4, 0.5) is 0 Å². The summed E-state index contributed by atoms with van der Waals surface area (Å²) in [5, 5.41) is 9.35. The second kappa shape index (κ2) is 4.52. The highest BCUT2D eigenvalue weighted by Gasteiger charge is 2.41. The van der Waals surface area contributed by atoms with Crippen LogP contribution in [0.15, 0.2) is 30.3 Å². The Hall–Kier alpha value is -1.31. The van der Waals surface area contributed by atoms with Crippen LogP contribution in [0.3, 0.4) is 0 Å². The molecular weight excluding hydrogens is 212 g/mol. The van der Waals surface area contributed by atoms with Crippen LogP contribution in [0, 0.1) is 11.3 Å². The molecule has 3 atom stereocenters. The highest BCUT2D eigenvalue weighted by atomic mass is 16.4. The fourth-order valence-corrected chi connectivity index (χ4v) is 2.88. The third-order valence-corrected chi connectivity index (χ3v) is 4.25. The molecule has 1 aliphatic carbocycles. The van der Waals surface area contributed by atoms with Crippen molar-refractivity contribution in [2.75, 3.05) is 0 Å². The third-order valence-electron chi connectivity index (χ3n) is 4.25. The summed E-state index contributed by atoms with van der Waals surface area (Å²) in [6.45, 7) is 4.12. The van der Waals surface area contributed by atoms with E-state index in [1.165, 1.54) is 5.56 Å². The normalized spacial score (nSPS) is 33.3. The molecular formula is C15H20O2. The Kier molecular flexibility index (Phi) is 3.23. The smallest absolute Gasteiger partial charge is 0.309 e. The van der Waals surface area contributed by atoms with Crippen LogP contribution in [0.25, 0.3) is 0 Å². The zero-order valence-electron chi connectivity index (χ0n) is 10.5. The summed E-state index contributed by atoms with van der Waals surface area (Å²) in [4.78, 5) is 11.4. The Bertz CT molecular complexity index is 399. The lowest BCUT2D eigenvalue weighted by molar-refractivity contribution is -0.150. The zero-order chi connectivity index (χ0) is 12.5. The van der Waals surface area contributed by atoms with E-state index in [-0.39, 0.29) is 0 Å². The van der Waals surface area contributed by atoms with Crippen molar-refractivity contribution in [2.45, 2.75) is 39.0 Å². The lowest BCUT2D eigenvalue weighted by Crippen LogP contribution is -2.35. The molecule has 0 bridgehead atoms. The van der Waals surface area contributed by atoms with E-state index in [1.54, 1.807) is 0 Å². The lowest BCUT2D eigenvalue weighted by Gasteiger charge is -2.39. The summed E-state index contributed by atoms with van der Waals surface area (Å²) in [5.41, 5.74) is 0.736. The second-order valence-corrected chi connectivity index (χ2v) is 5.60. The number of carboxylic acids is 1. The molecule has 1 aromatic rings. The number of aliphatic carboxylic acids is 1. The van der Waals surface area contributed by atoms with E-state index in [0.717, 1.165) is 19.3 Å². The van der Waals surface area contributed by atoms with Crippen LogP contribution in [0.5, 0.6) is 0 Å². The van der Waals surface area contributed by atoms with Gasteiger partial charge in [0.05, 0.1) is 5.41 Å². The van der Waals surface area contributed by atoms with Gasteiger partial charge in [-0.2, -0.15) is 0 Å². The molecule has 0 unspecified atom stereocenters. The van der Waals surface area contributed by atoms with E-state index in [4.69, 9.17) is 0 Å². The first-order valence-corrected chi connectivity index (χ1v) is 6.31. The number of rotatable bonds is 2. The van der Waals surface area contributed by atoms with Gasteiger partial charge in [-0.05, 0) is 43.6 Å². The van der Waals surface area contributed by atoms with Crippen molar-refractivity contribution < 1.29 is 9.90 Å². The molecule has 0 saturated heterocycles. The van der Waals surface area contributed by atoms with Gasteiger partial charge in [-0.3, -0.25) is 4.79 Å². The quantitative estimate of drug-likeness (QED) is 0.844. The maximum Gasteiger partial charge on any atom is 0.309 e. The van der Waals surface area contributed by atoms with Crippen LogP contribution in [-0.4, -0.2) is 11.1 Å². The van der Waals surface area contributed by atoms with Crippen molar-refractivity contribution in [1.29, 1.82) is 0 Å². The molecule has 1 fully saturated rings. The minimum absolute atomic E-state index is 0.381. The SMILES string of the molecule is C[C@@H]1CC[C@@](C)(C(=O)O)C[C@H]1c1ccccc1. The van der Waals surface area contributed by atoms with Crippen LogP contribution in [0.2, 0.25) is 0 Å². The molecule has 2 heteroatoms. The topological polar surface area (TPSA) is 37.3 Å². The minimum Gasteiger partial charge on any atom is -0.481 e. The van der Waals surface area contributed by atoms with Crippen LogP contribution in [0.1, 0.15) is 44.6 Å². The van der Waals surface area contributed by atoms with Gasteiger partial charge in [0.15, 0.2) is 0 Å². The molecule has 0 spiro atoms. The van der Waals surface area contributed by atoms with Gasteiger partial charge in [0.1, 0.15) is 0 Å². The molecule has 1 aliphatic rings. The number of hydrogen-bond donors (Lipinski definition) is 1. The lowest BCUT2D eigenvalue weighted by atomic mass is 9.65. The molecule has 2 nitrogen and oxygen atoms in total. The highest BCUT2D eigenvalue weighted by molar-refractivity contribution is 5.74. The van der Waals surface area contributed by atoms with Gasteiger partial charge in [-0.15, -0.1) is 0 Å². The molecule has 1 N–H and O–H groups in total. The molecule has 2 rings (SSSR count). The third kappa shape index (κ3) is 2.36. The van der Waals surface area contributed by atoms with Gasteiger partial charge in [-0.25, -0.2) is 0 Å². The van der Waals surface area contributed by atoms with Gasteiger partial charge < -0.3 is 5.11 Å². The fraction of sp³-hybridized carbons (Fsp3) is 0.533. The molecule has 0 aromatic heterocycles. The van der Waals surface area contributed by atoms with E-state index in [1.807, 2.05) is 25.1 Å². The molecule has 1 aromatic carbocycles. The monoisotopic (exact) mass is 232 g/mol. The first-order valence-electron chi connectivity index (χ1n) is 6.31. The number of carbonyl (C=O) groups is 1. The standard InChI is InChI=1S/C15H20O2/c1-11-8-9-15(2,14(16)17)10-13(11)12-6-4-3-5-7-12/h3-7,11,13H,8-10H2,1-2H3,(H,16,17)/t11-,13-,15-/m1/s1. The van der Waals surface area contributed by atoms with Gasteiger partial charge >= 0.3 is 5.97 Å². The first-order chi connectivity index (χ1) is 8.03. The average molecular weight is 232 g/mol. The summed E-state index contributed by atoms with van der Waals surface area (Å²) in [6, 6.07) is 10.3. The fourth-order valence-electron chi connectivity index (χ4n) is 2.88. The van der Waals surface area contributed by atoms with Crippen molar-refractivity contribution in [3.63, 3.8) is 0 Å². The van der Waals surface area contributed by atoms with E-state index < -0.39 is 11.4 Å². The number of carboxylic acid groups (broad SMARTS) is 1. The van der Waals surface area contributed by atoms with Crippen molar-refractivity contribution >= 4 is 5.97 Å². The van der Waals surface area contributed by atoms with Crippen molar-refractivity contribution in [3.8, 4) is 0 Å². The summed E-state index contributed by atoms with van der Waals surface area (Å²) >= 11 is 0.